The maximum absolute atomic E-state index is 15.4. The lowest BCUT2D eigenvalue weighted by molar-refractivity contribution is -0.143. The molecule has 2 fully saturated rings. The Morgan fingerprint density at radius 1 is 1.35 bits per heavy atom. The van der Waals surface area contributed by atoms with Gasteiger partial charge in [-0.3, -0.25) is 9.59 Å². The lowest BCUT2D eigenvalue weighted by Crippen LogP contribution is -2.48. The van der Waals surface area contributed by atoms with Crippen LogP contribution in [0.15, 0.2) is 16.5 Å². The number of fused-ring (bicyclic) bond motifs is 1. The number of oxazole rings is 1. The lowest BCUT2D eigenvalue weighted by Gasteiger charge is -2.35. The number of Topliss-reactive ketones (excluding diaryl/α,β-unsaturated/α-hetero) is 1. The van der Waals surface area contributed by atoms with Crippen LogP contribution in [0.1, 0.15) is 77.8 Å². The number of aliphatic hydroxyl groups is 2. The fourth-order valence-corrected chi connectivity index (χ4v) is 5.12. The maximum atomic E-state index is 15.4. The van der Waals surface area contributed by atoms with E-state index in [0.717, 1.165) is 6.42 Å². The quantitative estimate of drug-likeness (QED) is 0.413. The summed E-state index contributed by atoms with van der Waals surface area (Å²) in [7, 11) is 0. The molecule has 0 saturated carbocycles. The van der Waals surface area contributed by atoms with Crippen LogP contribution in [0.5, 0.6) is 0 Å². The zero-order chi connectivity index (χ0) is 27.5. The number of nitrogens with zero attached hydrogens (tertiary/aromatic N) is 1. The molecule has 1 amide bonds. The fourth-order valence-electron chi connectivity index (χ4n) is 5.12. The Kier molecular flexibility index (Phi) is 8.99. The molecule has 1 aromatic rings. The van der Waals surface area contributed by atoms with Gasteiger partial charge in [0, 0.05) is 25.8 Å². The molecule has 2 saturated heterocycles. The van der Waals surface area contributed by atoms with Crippen molar-refractivity contribution in [1.29, 1.82) is 0 Å². The number of epoxide rings is 1. The molecular weight excluding hydrogens is 479 g/mol. The van der Waals surface area contributed by atoms with Gasteiger partial charge in [-0.1, -0.05) is 27.2 Å². The number of halogens is 1. The zero-order valence-corrected chi connectivity index (χ0v) is 22.3. The van der Waals surface area contributed by atoms with Crippen molar-refractivity contribution in [2.45, 2.75) is 103 Å². The van der Waals surface area contributed by atoms with E-state index in [-0.39, 0.29) is 30.6 Å². The first-order valence-corrected chi connectivity index (χ1v) is 12.9. The third-order valence-electron chi connectivity index (χ3n) is 7.93. The summed E-state index contributed by atoms with van der Waals surface area (Å²) in [5.41, 5.74) is -1.56. The van der Waals surface area contributed by atoms with Crippen molar-refractivity contribution in [3.05, 3.63) is 23.7 Å². The van der Waals surface area contributed by atoms with Crippen LogP contribution in [0, 0.1) is 36.5 Å². The highest BCUT2D eigenvalue weighted by Crippen LogP contribution is 2.44. The minimum atomic E-state index is -1.37. The van der Waals surface area contributed by atoms with Gasteiger partial charge in [0.25, 0.3) is 0 Å². The van der Waals surface area contributed by atoms with Crippen molar-refractivity contribution in [2.75, 3.05) is 0 Å². The van der Waals surface area contributed by atoms with E-state index >= 15 is 4.39 Å². The van der Waals surface area contributed by atoms with E-state index in [0.29, 0.717) is 18.7 Å². The van der Waals surface area contributed by atoms with Gasteiger partial charge in [0.15, 0.2) is 5.89 Å². The van der Waals surface area contributed by atoms with E-state index in [4.69, 9.17) is 15.6 Å². The smallest absolute Gasteiger partial charge is 0.223 e. The molecule has 2 aliphatic heterocycles. The molecule has 0 aromatic carbocycles. The van der Waals surface area contributed by atoms with Gasteiger partial charge in [0.05, 0.1) is 47.7 Å². The molecule has 37 heavy (non-hydrogen) atoms. The summed E-state index contributed by atoms with van der Waals surface area (Å²) in [5.74, 6) is 0.131. The number of aromatic nitrogens is 1. The van der Waals surface area contributed by atoms with Crippen molar-refractivity contribution < 1.29 is 33.3 Å². The number of amides is 1. The van der Waals surface area contributed by atoms with Crippen LogP contribution in [0.3, 0.4) is 0 Å². The van der Waals surface area contributed by atoms with Crippen molar-refractivity contribution in [2.24, 2.45) is 17.3 Å². The second-order valence-electron chi connectivity index (χ2n) is 11.3. The first-order valence-electron chi connectivity index (χ1n) is 12.9. The number of aryl methyl sites for hydroxylation is 1. The molecule has 204 valence electrons. The number of ether oxygens (including phenoxy) is 1. The Hall–Kier alpha value is -2.54. The molecule has 0 spiro atoms. The molecule has 7 unspecified atom stereocenters. The highest BCUT2D eigenvalue weighted by atomic mass is 19.1. The average Bonchev–Trinajstić information content (AvgIpc) is 3.27. The van der Waals surface area contributed by atoms with Gasteiger partial charge in [-0.15, -0.1) is 12.3 Å². The maximum Gasteiger partial charge on any atom is 0.223 e. The van der Waals surface area contributed by atoms with Crippen molar-refractivity contribution in [3.8, 4) is 12.3 Å². The Morgan fingerprint density at radius 3 is 2.68 bits per heavy atom. The van der Waals surface area contributed by atoms with E-state index in [1.807, 2.05) is 13.8 Å². The number of rotatable bonds is 3. The Balaban J connectivity index is 1.89. The summed E-state index contributed by atoms with van der Waals surface area (Å²) < 4.78 is 26.4. The summed E-state index contributed by atoms with van der Waals surface area (Å²) >= 11 is 0. The fraction of sp³-hybridized carbons (Fsp3) is 0.679. The monoisotopic (exact) mass is 518 g/mol. The van der Waals surface area contributed by atoms with Gasteiger partial charge in [0.2, 0.25) is 5.91 Å². The highest BCUT2D eigenvalue weighted by molar-refractivity contribution is 5.88. The van der Waals surface area contributed by atoms with Crippen LogP contribution >= 0.6 is 0 Å². The topological polar surface area (TPSA) is 125 Å². The number of ketones is 1. The minimum Gasteiger partial charge on any atom is -0.449 e. The Morgan fingerprint density at radius 2 is 2.05 bits per heavy atom. The molecule has 3 heterocycles. The van der Waals surface area contributed by atoms with Crippen molar-refractivity contribution >= 4 is 17.8 Å². The number of carbonyl (C=O) groups excluding carboxylic acids is 2. The molecule has 9 heteroatoms. The summed E-state index contributed by atoms with van der Waals surface area (Å²) in [6, 6.07) is -1.01. The van der Waals surface area contributed by atoms with Gasteiger partial charge >= 0.3 is 0 Å². The van der Waals surface area contributed by atoms with Gasteiger partial charge in [0.1, 0.15) is 23.6 Å². The Bertz CT molecular complexity index is 1060. The molecular formula is C28H39FN2O6. The van der Waals surface area contributed by atoms with Crippen LogP contribution < -0.4 is 5.32 Å². The molecule has 2 aliphatic rings. The number of hydrogen-bond donors (Lipinski definition) is 3. The number of aliphatic hydroxyl groups excluding tert-OH is 2. The van der Waals surface area contributed by atoms with Crippen molar-refractivity contribution in [1.82, 2.24) is 10.3 Å². The van der Waals surface area contributed by atoms with Gasteiger partial charge in [-0.2, -0.15) is 0 Å². The van der Waals surface area contributed by atoms with E-state index in [2.05, 4.69) is 16.2 Å². The van der Waals surface area contributed by atoms with Gasteiger partial charge < -0.3 is 24.7 Å². The minimum absolute atomic E-state index is 0.0230. The molecule has 0 radical (unpaired) electrons. The lowest BCUT2D eigenvalue weighted by atomic mass is 9.71. The first kappa shape index (κ1) is 29.0. The van der Waals surface area contributed by atoms with E-state index < -0.39 is 59.1 Å². The average molecular weight is 519 g/mol. The molecule has 8 nitrogen and oxygen atoms in total. The summed E-state index contributed by atoms with van der Waals surface area (Å²) in [6.07, 6.45) is 7.25. The highest BCUT2D eigenvalue weighted by Gasteiger charge is 2.53. The van der Waals surface area contributed by atoms with Crippen LogP contribution in [0.4, 0.5) is 4.39 Å². The standard InChI is InChI=1S/C28H39FN2O6/c1-7-9-19-25(34)16(2)10-8-11-28(6)23(37-28)13-21(20(29)12-18-15-36-17(3)30-18)31-24(33)14-22(32)27(4,5)26(19)35/h1,12,15-16,19,21-23,25,32,34H,8-11,13-14H2,2-6H3,(H,31,33). The van der Waals surface area contributed by atoms with Crippen LogP contribution in [-0.4, -0.2) is 56.8 Å². The Labute approximate surface area is 218 Å². The molecule has 3 rings (SSSR count). The SMILES string of the molecule is C#CCC1C(=O)C(C)(C)C(O)CC(=O)NC(C(F)=Cc2coc(C)n2)CC2OC2(C)CCCC(C)C1O. The molecule has 0 bridgehead atoms. The van der Waals surface area contributed by atoms with Gasteiger partial charge in [-0.05, 0) is 25.7 Å². The summed E-state index contributed by atoms with van der Waals surface area (Å²) in [6.45, 7) is 8.53. The molecule has 3 N–H and O–H groups in total. The molecule has 1 aromatic heterocycles. The predicted molar refractivity (Wildman–Crippen MR) is 136 cm³/mol. The normalized spacial score (nSPS) is 35.8. The van der Waals surface area contributed by atoms with Gasteiger partial charge in [-0.25, -0.2) is 9.37 Å². The third kappa shape index (κ3) is 6.86. The van der Waals surface area contributed by atoms with Crippen LogP contribution in [0.25, 0.3) is 6.08 Å². The predicted octanol–water partition coefficient (Wildman–Crippen LogP) is 3.49. The molecule has 0 aliphatic carbocycles. The van der Waals surface area contributed by atoms with Crippen LogP contribution in [0.2, 0.25) is 0 Å². The third-order valence-corrected chi connectivity index (χ3v) is 7.93. The summed E-state index contributed by atoms with van der Waals surface area (Å²) in [5, 5.41) is 24.6. The number of nitrogens with one attached hydrogen (secondary N) is 1. The van der Waals surface area contributed by atoms with E-state index in [9.17, 15) is 19.8 Å². The first-order chi connectivity index (χ1) is 17.3. The number of carbonyl (C=O) groups is 2. The number of hydrogen-bond acceptors (Lipinski definition) is 7. The van der Waals surface area contributed by atoms with E-state index in [1.54, 1.807) is 6.92 Å². The second kappa shape index (κ2) is 11.5. The van der Waals surface area contributed by atoms with E-state index in [1.165, 1.54) is 26.2 Å². The number of terminal acetylenes is 1. The van der Waals surface area contributed by atoms with Crippen molar-refractivity contribution in [3.63, 3.8) is 0 Å². The molecule has 7 atom stereocenters. The largest absolute Gasteiger partial charge is 0.449 e. The van der Waals surface area contributed by atoms with Crippen LogP contribution in [-0.2, 0) is 14.3 Å². The second-order valence-corrected chi connectivity index (χ2v) is 11.3. The zero-order valence-electron chi connectivity index (χ0n) is 22.3. The summed E-state index contributed by atoms with van der Waals surface area (Å²) in [4.78, 5) is 30.5.